The lowest BCUT2D eigenvalue weighted by molar-refractivity contribution is 0.876. The number of nitrogen functional groups attached to an aromatic ring is 1. The molecule has 0 aromatic heterocycles. The van der Waals surface area contributed by atoms with E-state index in [1.165, 1.54) is 5.56 Å². The van der Waals surface area contributed by atoms with E-state index in [2.05, 4.69) is 52.1 Å². The molecule has 0 aliphatic carbocycles. The molecule has 0 fully saturated rings. The highest BCUT2D eigenvalue weighted by Gasteiger charge is 2.02. The molecule has 2 aromatic rings. The predicted octanol–water partition coefficient (Wildman–Crippen LogP) is 3.71. The minimum Gasteiger partial charge on any atom is -0.399 e. The van der Waals surface area contributed by atoms with Crippen molar-refractivity contribution in [3.05, 3.63) is 58.6 Å². The molecular formula is C15H17BrN2. The number of benzene rings is 2. The van der Waals surface area contributed by atoms with E-state index in [0.29, 0.717) is 0 Å². The summed E-state index contributed by atoms with van der Waals surface area (Å²) in [6.07, 6.45) is 1.02. The molecule has 0 atom stereocenters. The van der Waals surface area contributed by atoms with Gasteiger partial charge in [0.05, 0.1) is 0 Å². The molecule has 0 amide bonds. The van der Waals surface area contributed by atoms with Crippen LogP contribution in [0.25, 0.3) is 0 Å². The number of nitrogens with two attached hydrogens (primary N) is 1. The molecule has 18 heavy (non-hydrogen) atoms. The summed E-state index contributed by atoms with van der Waals surface area (Å²) in [5.41, 5.74) is 9.09. The van der Waals surface area contributed by atoms with Gasteiger partial charge in [-0.1, -0.05) is 34.1 Å². The van der Waals surface area contributed by atoms with Gasteiger partial charge >= 0.3 is 0 Å². The summed E-state index contributed by atoms with van der Waals surface area (Å²) in [7, 11) is 2.09. The fraction of sp³-hybridized carbons (Fsp3) is 0.200. The van der Waals surface area contributed by atoms with Gasteiger partial charge in [-0.2, -0.15) is 0 Å². The number of nitrogens with zero attached hydrogens (tertiary/aromatic N) is 1. The van der Waals surface area contributed by atoms with Crippen LogP contribution in [0.15, 0.2) is 53.0 Å². The molecule has 0 saturated heterocycles. The summed E-state index contributed by atoms with van der Waals surface area (Å²) in [5.74, 6) is 0. The fourth-order valence-electron chi connectivity index (χ4n) is 1.88. The first-order valence-electron chi connectivity index (χ1n) is 5.96. The first-order valence-corrected chi connectivity index (χ1v) is 6.75. The van der Waals surface area contributed by atoms with Crippen molar-refractivity contribution in [1.29, 1.82) is 0 Å². The third-order valence-corrected chi connectivity index (χ3v) is 3.43. The van der Waals surface area contributed by atoms with Crippen molar-refractivity contribution in [3.63, 3.8) is 0 Å². The van der Waals surface area contributed by atoms with Crippen LogP contribution in [0.4, 0.5) is 11.4 Å². The molecule has 2 N–H and O–H groups in total. The maximum atomic E-state index is 5.79. The van der Waals surface area contributed by atoms with E-state index in [9.17, 15) is 0 Å². The van der Waals surface area contributed by atoms with Gasteiger partial charge in [0.1, 0.15) is 0 Å². The van der Waals surface area contributed by atoms with Crippen LogP contribution in [0.3, 0.4) is 0 Å². The number of hydrogen-bond acceptors (Lipinski definition) is 2. The third kappa shape index (κ3) is 3.50. The van der Waals surface area contributed by atoms with E-state index < -0.39 is 0 Å². The van der Waals surface area contributed by atoms with E-state index in [-0.39, 0.29) is 0 Å². The third-order valence-electron chi connectivity index (χ3n) is 2.94. The smallest absolute Gasteiger partial charge is 0.0384 e. The van der Waals surface area contributed by atoms with Gasteiger partial charge in [-0.25, -0.2) is 0 Å². The summed E-state index contributed by atoms with van der Waals surface area (Å²) in [6.45, 7) is 0.972. The van der Waals surface area contributed by atoms with Gasteiger partial charge in [-0.05, 0) is 42.3 Å². The lowest BCUT2D eigenvalue weighted by Crippen LogP contribution is -2.20. The van der Waals surface area contributed by atoms with Gasteiger partial charge in [-0.3, -0.25) is 0 Å². The highest BCUT2D eigenvalue weighted by Crippen LogP contribution is 2.17. The zero-order valence-corrected chi connectivity index (χ0v) is 12.0. The zero-order valence-electron chi connectivity index (χ0n) is 10.4. The van der Waals surface area contributed by atoms with Crippen LogP contribution in [-0.4, -0.2) is 13.6 Å². The summed E-state index contributed by atoms with van der Waals surface area (Å²) >= 11 is 3.49. The second-order valence-electron chi connectivity index (χ2n) is 4.40. The molecule has 0 spiro atoms. The number of anilines is 2. The summed E-state index contributed by atoms with van der Waals surface area (Å²) < 4.78 is 1.13. The molecule has 0 aliphatic rings. The molecule has 0 heterocycles. The SMILES string of the molecule is CN(CCc1cccc(Br)c1)c1cccc(N)c1. The highest BCUT2D eigenvalue weighted by atomic mass is 79.9. The molecular weight excluding hydrogens is 288 g/mol. The molecule has 2 nitrogen and oxygen atoms in total. The monoisotopic (exact) mass is 304 g/mol. The lowest BCUT2D eigenvalue weighted by Gasteiger charge is -2.19. The van der Waals surface area contributed by atoms with Gasteiger partial charge in [-0.15, -0.1) is 0 Å². The Morgan fingerprint density at radius 2 is 1.89 bits per heavy atom. The molecule has 0 aliphatic heterocycles. The Balaban J connectivity index is 1.98. The van der Waals surface area contributed by atoms with E-state index in [1.54, 1.807) is 0 Å². The predicted molar refractivity (Wildman–Crippen MR) is 82.0 cm³/mol. The minimum atomic E-state index is 0.807. The largest absolute Gasteiger partial charge is 0.399 e. The summed E-state index contributed by atoms with van der Waals surface area (Å²) in [4.78, 5) is 2.22. The van der Waals surface area contributed by atoms with Crippen molar-refractivity contribution in [1.82, 2.24) is 0 Å². The maximum absolute atomic E-state index is 5.79. The van der Waals surface area contributed by atoms with Crippen LogP contribution in [0.1, 0.15) is 5.56 Å². The Hall–Kier alpha value is -1.48. The van der Waals surface area contributed by atoms with E-state index in [1.807, 2.05) is 24.3 Å². The Labute approximate surface area is 117 Å². The van der Waals surface area contributed by atoms with Gasteiger partial charge in [0, 0.05) is 29.4 Å². The first-order chi connectivity index (χ1) is 8.65. The van der Waals surface area contributed by atoms with E-state index >= 15 is 0 Å². The van der Waals surface area contributed by atoms with Gasteiger partial charge in [0.2, 0.25) is 0 Å². The van der Waals surface area contributed by atoms with Crippen molar-refractivity contribution < 1.29 is 0 Å². The maximum Gasteiger partial charge on any atom is 0.0384 e. The topological polar surface area (TPSA) is 29.3 Å². The minimum absolute atomic E-state index is 0.807. The Kier molecular flexibility index (Phi) is 4.26. The van der Waals surface area contributed by atoms with Crippen LogP contribution >= 0.6 is 15.9 Å². The molecule has 0 bridgehead atoms. The van der Waals surface area contributed by atoms with Crippen LogP contribution in [-0.2, 0) is 6.42 Å². The molecule has 0 radical (unpaired) electrons. The summed E-state index contributed by atoms with van der Waals surface area (Å²) in [6, 6.07) is 16.4. The van der Waals surface area contributed by atoms with Crippen molar-refractivity contribution in [2.45, 2.75) is 6.42 Å². The van der Waals surface area contributed by atoms with Crippen molar-refractivity contribution in [3.8, 4) is 0 Å². The van der Waals surface area contributed by atoms with Crippen LogP contribution in [0.5, 0.6) is 0 Å². The number of rotatable bonds is 4. The fourth-order valence-corrected chi connectivity index (χ4v) is 2.33. The van der Waals surface area contributed by atoms with Crippen LogP contribution in [0.2, 0.25) is 0 Å². The van der Waals surface area contributed by atoms with Crippen molar-refractivity contribution in [2.24, 2.45) is 0 Å². The van der Waals surface area contributed by atoms with E-state index in [0.717, 1.165) is 28.8 Å². The second kappa shape index (κ2) is 5.91. The van der Waals surface area contributed by atoms with Crippen LogP contribution in [0, 0.1) is 0 Å². The number of hydrogen-bond donors (Lipinski definition) is 1. The van der Waals surface area contributed by atoms with Gasteiger partial charge in [0.25, 0.3) is 0 Å². The molecule has 3 heteroatoms. The molecule has 94 valence electrons. The quantitative estimate of drug-likeness (QED) is 0.873. The van der Waals surface area contributed by atoms with Gasteiger partial charge < -0.3 is 10.6 Å². The Morgan fingerprint density at radius 1 is 1.11 bits per heavy atom. The Morgan fingerprint density at radius 3 is 2.61 bits per heavy atom. The lowest BCUT2D eigenvalue weighted by atomic mass is 10.1. The molecule has 2 aromatic carbocycles. The molecule has 2 rings (SSSR count). The summed E-state index contributed by atoms with van der Waals surface area (Å²) in [5, 5.41) is 0. The number of likely N-dealkylation sites (N-methyl/N-ethyl adjacent to an activating group) is 1. The molecule has 0 unspecified atom stereocenters. The van der Waals surface area contributed by atoms with Gasteiger partial charge in [0.15, 0.2) is 0 Å². The average molecular weight is 305 g/mol. The average Bonchev–Trinajstić information content (AvgIpc) is 2.36. The molecule has 0 saturated carbocycles. The zero-order chi connectivity index (χ0) is 13.0. The standard InChI is InChI=1S/C15H17BrN2/c1-18(15-7-3-6-14(17)11-15)9-8-12-4-2-5-13(16)10-12/h2-7,10-11H,8-9,17H2,1H3. The normalized spacial score (nSPS) is 10.3. The van der Waals surface area contributed by atoms with Crippen molar-refractivity contribution in [2.75, 3.05) is 24.2 Å². The van der Waals surface area contributed by atoms with E-state index in [4.69, 9.17) is 5.73 Å². The second-order valence-corrected chi connectivity index (χ2v) is 5.31. The Bertz CT molecular complexity index is 525. The van der Waals surface area contributed by atoms with Crippen LogP contribution < -0.4 is 10.6 Å². The highest BCUT2D eigenvalue weighted by molar-refractivity contribution is 9.10. The first kappa shape index (κ1) is 13.0. The number of halogens is 1. The van der Waals surface area contributed by atoms with Crippen molar-refractivity contribution >= 4 is 27.3 Å².